The Labute approximate surface area is 103 Å². The van der Waals surface area contributed by atoms with Crippen molar-refractivity contribution in [2.24, 2.45) is 0 Å². The zero-order valence-electron chi connectivity index (χ0n) is 8.95. The molecule has 0 aliphatic rings. The molecule has 2 heterocycles. The molecule has 0 aliphatic heterocycles. The number of carbonyl (C=O) groups is 1. The van der Waals surface area contributed by atoms with Gasteiger partial charge >= 0.3 is 0 Å². The quantitative estimate of drug-likeness (QED) is 0.763. The first-order valence-electron chi connectivity index (χ1n) is 4.81. The minimum Gasteiger partial charge on any atom is -0.288 e. The SMILES string of the molecule is Cc1cc(C(=O)c2sccc2Cl)cc(C)n1. The van der Waals surface area contributed by atoms with E-state index in [1.54, 1.807) is 18.2 Å². The van der Waals surface area contributed by atoms with Gasteiger partial charge in [0.25, 0.3) is 0 Å². The monoisotopic (exact) mass is 251 g/mol. The van der Waals surface area contributed by atoms with Gasteiger partial charge in [0.1, 0.15) is 0 Å². The largest absolute Gasteiger partial charge is 0.288 e. The summed E-state index contributed by atoms with van der Waals surface area (Å²) >= 11 is 7.30. The van der Waals surface area contributed by atoms with E-state index >= 15 is 0 Å². The minimum atomic E-state index is -0.0337. The first kappa shape index (κ1) is 11.3. The fourth-order valence-corrected chi connectivity index (χ4v) is 2.66. The van der Waals surface area contributed by atoms with Crippen LogP contribution in [0.25, 0.3) is 0 Å². The zero-order valence-corrected chi connectivity index (χ0v) is 10.5. The third-order valence-corrected chi connectivity index (χ3v) is 3.51. The molecule has 0 radical (unpaired) electrons. The molecule has 0 amide bonds. The molecule has 0 spiro atoms. The van der Waals surface area contributed by atoms with Crippen molar-refractivity contribution >= 4 is 28.7 Å². The second kappa shape index (κ2) is 4.36. The molecule has 82 valence electrons. The normalized spacial score (nSPS) is 10.4. The van der Waals surface area contributed by atoms with E-state index in [2.05, 4.69) is 4.98 Å². The lowest BCUT2D eigenvalue weighted by Crippen LogP contribution is -2.01. The average Bonchev–Trinajstić information content (AvgIpc) is 2.62. The fourth-order valence-electron chi connectivity index (χ4n) is 1.55. The van der Waals surface area contributed by atoms with Gasteiger partial charge in [-0.1, -0.05) is 11.6 Å². The highest BCUT2D eigenvalue weighted by Gasteiger charge is 2.14. The second-order valence-electron chi connectivity index (χ2n) is 3.57. The van der Waals surface area contributed by atoms with Crippen LogP contribution in [0.5, 0.6) is 0 Å². The molecular formula is C12H10ClNOS. The highest BCUT2D eigenvalue weighted by Crippen LogP contribution is 2.25. The highest BCUT2D eigenvalue weighted by molar-refractivity contribution is 7.13. The van der Waals surface area contributed by atoms with E-state index in [-0.39, 0.29) is 5.78 Å². The maximum atomic E-state index is 12.1. The van der Waals surface area contributed by atoms with Gasteiger partial charge in [-0.05, 0) is 37.4 Å². The van der Waals surface area contributed by atoms with E-state index in [1.807, 2.05) is 19.2 Å². The van der Waals surface area contributed by atoms with Gasteiger partial charge in [-0.25, -0.2) is 0 Å². The fraction of sp³-hybridized carbons (Fsp3) is 0.167. The Kier molecular flexibility index (Phi) is 3.08. The minimum absolute atomic E-state index is 0.0337. The molecule has 0 saturated carbocycles. The van der Waals surface area contributed by atoms with Crippen LogP contribution in [0.1, 0.15) is 26.6 Å². The molecule has 0 N–H and O–H groups in total. The van der Waals surface area contributed by atoms with Crippen LogP contribution in [-0.4, -0.2) is 10.8 Å². The Bertz CT molecular complexity index is 527. The van der Waals surface area contributed by atoms with E-state index in [1.165, 1.54) is 11.3 Å². The number of rotatable bonds is 2. The predicted octanol–water partition coefficient (Wildman–Crippen LogP) is 3.64. The van der Waals surface area contributed by atoms with Crippen LogP contribution in [0, 0.1) is 13.8 Å². The van der Waals surface area contributed by atoms with Crippen LogP contribution in [0.3, 0.4) is 0 Å². The summed E-state index contributed by atoms with van der Waals surface area (Å²) in [6.07, 6.45) is 0. The van der Waals surface area contributed by atoms with Crippen molar-refractivity contribution in [3.05, 3.63) is 50.4 Å². The lowest BCUT2D eigenvalue weighted by molar-refractivity contribution is 0.104. The molecule has 2 aromatic heterocycles. The van der Waals surface area contributed by atoms with Gasteiger partial charge in [0.2, 0.25) is 5.78 Å². The van der Waals surface area contributed by atoms with Crippen LogP contribution < -0.4 is 0 Å². The summed E-state index contributed by atoms with van der Waals surface area (Å²) in [7, 11) is 0. The van der Waals surface area contributed by atoms with Crippen molar-refractivity contribution in [1.82, 2.24) is 4.98 Å². The number of nitrogens with zero attached hydrogens (tertiary/aromatic N) is 1. The van der Waals surface area contributed by atoms with Gasteiger partial charge in [0.15, 0.2) is 0 Å². The Morgan fingerprint density at radius 2 is 1.94 bits per heavy atom. The van der Waals surface area contributed by atoms with E-state index in [4.69, 9.17) is 11.6 Å². The van der Waals surface area contributed by atoms with E-state index < -0.39 is 0 Å². The van der Waals surface area contributed by atoms with E-state index in [0.29, 0.717) is 15.5 Å². The molecule has 0 aliphatic carbocycles. The molecule has 0 atom stereocenters. The number of aryl methyl sites for hydroxylation is 2. The lowest BCUT2D eigenvalue weighted by atomic mass is 10.1. The number of ketones is 1. The van der Waals surface area contributed by atoms with Gasteiger partial charge in [0, 0.05) is 17.0 Å². The van der Waals surface area contributed by atoms with Crippen molar-refractivity contribution in [1.29, 1.82) is 0 Å². The topological polar surface area (TPSA) is 30.0 Å². The maximum Gasteiger partial charge on any atom is 0.204 e. The molecule has 0 aromatic carbocycles. The van der Waals surface area contributed by atoms with Crippen LogP contribution >= 0.6 is 22.9 Å². The summed E-state index contributed by atoms with van der Waals surface area (Å²) in [5, 5.41) is 2.33. The summed E-state index contributed by atoms with van der Waals surface area (Å²) < 4.78 is 0. The van der Waals surface area contributed by atoms with Crippen LogP contribution in [0.4, 0.5) is 0 Å². The number of halogens is 1. The van der Waals surface area contributed by atoms with E-state index in [9.17, 15) is 4.79 Å². The van der Waals surface area contributed by atoms with Gasteiger partial charge in [0.05, 0.1) is 9.90 Å². The molecule has 2 nitrogen and oxygen atoms in total. The third kappa shape index (κ3) is 2.15. The third-order valence-electron chi connectivity index (χ3n) is 2.17. The first-order valence-corrected chi connectivity index (χ1v) is 6.06. The number of pyridine rings is 1. The number of aromatic nitrogens is 1. The number of thiophene rings is 1. The summed E-state index contributed by atoms with van der Waals surface area (Å²) in [6, 6.07) is 5.30. The van der Waals surface area contributed by atoms with Crippen molar-refractivity contribution in [2.75, 3.05) is 0 Å². The van der Waals surface area contributed by atoms with Crippen LogP contribution in [0.15, 0.2) is 23.6 Å². The Morgan fingerprint density at radius 1 is 1.31 bits per heavy atom. The number of hydrogen-bond acceptors (Lipinski definition) is 3. The molecule has 4 heteroatoms. The second-order valence-corrected chi connectivity index (χ2v) is 4.89. The van der Waals surface area contributed by atoms with Crippen molar-refractivity contribution in [3.8, 4) is 0 Å². The predicted molar refractivity (Wildman–Crippen MR) is 66.5 cm³/mol. The smallest absolute Gasteiger partial charge is 0.204 e. The van der Waals surface area contributed by atoms with Crippen molar-refractivity contribution < 1.29 is 4.79 Å². The van der Waals surface area contributed by atoms with Crippen molar-refractivity contribution in [3.63, 3.8) is 0 Å². The summed E-state index contributed by atoms with van der Waals surface area (Å²) in [4.78, 5) is 17.0. The molecule has 0 saturated heterocycles. The summed E-state index contributed by atoms with van der Waals surface area (Å²) in [6.45, 7) is 3.75. The summed E-state index contributed by atoms with van der Waals surface area (Å²) in [5.41, 5.74) is 2.33. The maximum absolute atomic E-state index is 12.1. The van der Waals surface area contributed by atoms with Gasteiger partial charge in [-0.2, -0.15) is 0 Å². The zero-order chi connectivity index (χ0) is 11.7. The molecule has 0 bridgehead atoms. The van der Waals surface area contributed by atoms with Gasteiger partial charge < -0.3 is 0 Å². The highest BCUT2D eigenvalue weighted by atomic mass is 35.5. The van der Waals surface area contributed by atoms with Gasteiger partial charge in [-0.15, -0.1) is 11.3 Å². The molecule has 0 fully saturated rings. The molecule has 16 heavy (non-hydrogen) atoms. The lowest BCUT2D eigenvalue weighted by Gasteiger charge is -2.02. The Morgan fingerprint density at radius 3 is 2.44 bits per heavy atom. The van der Waals surface area contributed by atoms with Crippen LogP contribution in [-0.2, 0) is 0 Å². The standard InChI is InChI=1S/C12H10ClNOS/c1-7-5-9(6-8(2)14-7)11(15)12-10(13)3-4-16-12/h3-6H,1-2H3. The molecule has 0 unspecified atom stereocenters. The van der Waals surface area contributed by atoms with Crippen molar-refractivity contribution in [2.45, 2.75) is 13.8 Å². The average molecular weight is 252 g/mol. The Hall–Kier alpha value is -1.19. The molecule has 2 rings (SSSR count). The number of carbonyl (C=O) groups excluding carboxylic acids is 1. The van der Waals surface area contributed by atoms with E-state index in [0.717, 1.165) is 11.4 Å². The number of hydrogen-bond donors (Lipinski definition) is 0. The Balaban J connectivity index is 2.45. The van der Waals surface area contributed by atoms with Gasteiger partial charge in [-0.3, -0.25) is 9.78 Å². The first-order chi connectivity index (χ1) is 7.58. The summed E-state index contributed by atoms with van der Waals surface area (Å²) in [5.74, 6) is -0.0337. The molecule has 2 aromatic rings. The molecular weight excluding hydrogens is 242 g/mol. The van der Waals surface area contributed by atoms with Crippen LogP contribution in [0.2, 0.25) is 5.02 Å².